The smallest absolute Gasteiger partial charge is 0.147 e. The summed E-state index contributed by atoms with van der Waals surface area (Å²) >= 11 is 0. The van der Waals surface area contributed by atoms with Crippen LogP contribution in [0.15, 0.2) is 12.4 Å². The zero-order chi connectivity index (χ0) is 12.3. The molecule has 1 aliphatic rings. The molecule has 1 saturated heterocycles. The Balaban J connectivity index is 2.00. The molecule has 0 amide bonds. The summed E-state index contributed by atoms with van der Waals surface area (Å²) < 4.78 is 0. The van der Waals surface area contributed by atoms with Gasteiger partial charge >= 0.3 is 0 Å². The Kier molecular flexibility index (Phi) is 3.78. The minimum absolute atomic E-state index is 0.493. The van der Waals surface area contributed by atoms with Crippen LogP contribution in [0.1, 0.15) is 13.3 Å². The van der Waals surface area contributed by atoms with Gasteiger partial charge < -0.3 is 15.5 Å². The molecule has 17 heavy (non-hydrogen) atoms. The van der Waals surface area contributed by atoms with Crippen LogP contribution in [0.4, 0.5) is 11.6 Å². The largest absolute Gasteiger partial charge is 0.372 e. The van der Waals surface area contributed by atoms with E-state index < -0.39 is 0 Å². The van der Waals surface area contributed by atoms with E-state index in [4.69, 9.17) is 0 Å². The molecule has 5 heteroatoms. The molecule has 0 bridgehead atoms. The van der Waals surface area contributed by atoms with Crippen LogP contribution < -0.4 is 10.6 Å². The molecule has 2 heterocycles. The number of anilines is 2. The van der Waals surface area contributed by atoms with E-state index >= 15 is 0 Å². The quantitative estimate of drug-likeness (QED) is 0.826. The van der Waals surface area contributed by atoms with E-state index in [1.807, 2.05) is 7.05 Å². The van der Waals surface area contributed by atoms with Gasteiger partial charge in [0.25, 0.3) is 0 Å². The third-order valence-electron chi connectivity index (χ3n) is 3.33. The lowest BCUT2D eigenvalue weighted by atomic mass is 9.94. The molecule has 2 N–H and O–H groups in total. The molecule has 94 valence electrons. The summed E-state index contributed by atoms with van der Waals surface area (Å²) in [5.41, 5.74) is 0. The SMILES string of the molecule is CNc1cncc(NC2CCN(C)CC2C)n1. The van der Waals surface area contributed by atoms with Gasteiger partial charge in [0.2, 0.25) is 0 Å². The molecule has 2 atom stereocenters. The van der Waals surface area contributed by atoms with Gasteiger partial charge in [-0.1, -0.05) is 6.92 Å². The highest BCUT2D eigenvalue weighted by atomic mass is 15.1. The monoisotopic (exact) mass is 235 g/mol. The first-order valence-electron chi connectivity index (χ1n) is 6.14. The maximum atomic E-state index is 4.44. The Morgan fingerprint density at radius 1 is 1.35 bits per heavy atom. The summed E-state index contributed by atoms with van der Waals surface area (Å²) in [4.78, 5) is 11.0. The van der Waals surface area contributed by atoms with E-state index in [0.717, 1.165) is 31.1 Å². The van der Waals surface area contributed by atoms with Crippen molar-refractivity contribution >= 4 is 11.6 Å². The molecule has 0 radical (unpaired) electrons. The molecule has 1 fully saturated rings. The molecule has 0 spiro atoms. The lowest BCUT2D eigenvalue weighted by molar-refractivity contribution is 0.206. The zero-order valence-electron chi connectivity index (χ0n) is 10.8. The van der Waals surface area contributed by atoms with Gasteiger partial charge in [0.05, 0.1) is 12.4 Å². The second kappa shape index (κ2) is 5.31. The number of nitrogens with zero attached hydrogens (tertiary/aromatic N) is 3. The van der Waals surface area contributed by atoms with E-state index in [-0.39, 0.29) is 0 Å². The number of hydrogen-bond acceptors (Lipinski definition) is 5. The summed E-state index contributed by atoms with van der Waals surface area (Å²) in [7, 11) is 4.03. The lowest BCUT2D eigenvalue weighted by Gasteiger charge is -2.35. The van der Waals surface area contributed by atoms with Crippen LogP contribution in [0.5, 0.6) is 0 Å². The minimum atomic E-state index is 0.493. The molecule has 2 rings (SSSR count). The molecular weight excluding hydrogens is 214 g/mol. The second-order valence-electron chi connectivity index (χ2n) is 4.82. The number of rotatable bonds is 3. The zero-order valence-corrected chi connectivity index (χ0v) is 10.8. The predicted molar refractivity (Wildman–Crippen MR) is 70.3 cm³/mol. The van der Waals surface area contributed by atoms with Crippen LogP contribution >= 0.6 is 0 Å². The molecule has 0 aromatic carbocycles. The Morgan fingerprint density at radius 3 is 2.82 bits per heavy atom. The highest BCUT2D eigenvalue weighted by molar-refractivity contribution is 5.41. The lowest BCUT2D eigenvalue weighted by Crippen LogP contribution is -2.43. The van der Waals surface area contributed by atoms with Crippen molar-refractivity contribution in [2.45, 2.75) is 19.4 Å². The highest BCUT2D eigenvalue weighted by Crippen LogP contribution is 2.19. The standard InChI is InChI=1S/C12H21N5/c1-9-8-17(3)5-4-10(9)15-12-7-14-6-11(13-2)16-12/h6-7,9-10H,4-5,8H2,1-3H3,(H2,13,15,16). The van der Waals surface area contributed by atoms with Crippen LogP contribution in [0.25, 0.3) is 0 Å². The maximum absolute atomic E-state index is 4.44. The maximum Gasteiger partial charge on any atom is 0.147 e. The fourth-order valence-corrected chi connectivity index (χ4v) is 2.31. The highest BCUT2D eigenvalue weighted by Gasteiger charge is 2.24. The molecule has 1 aromatic rings. The molecule has 1 aliphatic heterocycles. The van der Waals surface area contributed by atoms with Crippen molar-refractivity contribution in [1.29, 1.82) is 0 Å². The predicted octanol–water partition coefficient (Wildman–Crippen LogP) is 1.27. The van der Waals surface area contributed by atoms with Gasteiger partial charge in [0, 0.05) is 19.6 Å². The van der Waals surface area contributed by atoms with Gasteiger partial charge in [-0.15, -0.1) is 0 Å². The fraction of sp³-hybridized carbons (Fsp3) is 0.667. The third-order valence-corrected chi connectivity index (χ3v) is 3.33. The van der Waals surface area contributed by atoms with Gasteiger partial charge in [-0.25, -0.2) is 4.98 Å². The van der Waals surface area contributed by atoms with Crippen LogP contribution in [-0.4, -0.2) is 48.1 Å². The van der Waals surface area contributed by atoms with Crippen LogP contribution in [0.3, 0.4) is 0 Å². The van der Waals surface area contributed by atoms with Crippen LogP contribution in [0.2, 0.25) is 0 Å². The summed E-state index contributed by atoms with van der Waals surface area (Å²) in [6.45, 7) is 4.56. The number of hydrogen-bond donors (Lipinski definition) is 2. The van der Waals surface area contributed by atoms with Crippen molar-refractivity contribution in [2.24, 2.45) is 5.92 Å². The summed E-state index contributed by atoms with van der Waals surface area (Å²) in [5, 5.41) is 6.49. The Morgan fingerprint density at radius 2 is 2.12 bits per heavy atom. The fourth-order valence-electron chi connectivity index (χ4n) is 2.31. The molecule has 1 aromatic heterocycles. The van der Waals surface area contributed by atoms with Gasteiger partial charge in [0.15, 0.2) is 0 Å². The topological polar surface area (TPSA) is 53.1 Å². The third kappa shape index (κ3) is 3.06. The van der Waals surface area contributed by atoms with Crippen molar-refractivity contribution in [3.63, 3.8) is 0 Å². The Hall–Kier alpha value is -1.36. The second-order valence-corrected chi connectivity index (χ2v) is 4.82. The van der Waals surface area contributed by atoms with Crippen molar-refractivity contribution < 1.29 is 0 Å². The summed E-state index contributed by atoms with van der Waals surface area (Å²) in [5.74, 6) is 2.29. The van der Waals surface area contributed by atoms with E-state index in [2.05, 4.69) is 39.5 Å². The van der Waals surface area contributed by atoms with Crippen molar-refractivity contribution in [3.8, 4) is 0 Å². The van der Waals surface area contributed by atoms with Gasteiger partial charge in [-0.3, -0.25) is 4.98 Å². The minimum Gasteiger partial charge on any atom is -0.372 e. The number of aromatic nitrogens is 2. The van der Waals surface area contributed by atoms with Gasteiger partial charge in [-0.2, -0.15) is 0 Å². The van der Waals surface area contributed by atoms with Crippen molar-refractivity contribution in [1.82, 2.24) is 14.9 Å². The van der Waals surface area contributed by atoms with E-state index in [0.29, 0.717) is 12.0 Å². The molecular formula is C12H21N5. The number of piperidine rings is 1. The molecule has 2 unspecified atom stereocenters. The van der Waals surface area contributed by atoms with Gasteiger partial charge in [-0.05, 0) is 25.9 Å². The number of likely N-dealkylation sites (tertiary alicyclic amines) is 1. The number of nitrogens with one attached hydrogen (secondary N) is 2. The first kappa shape index (κ1) is 12.1. The van der Waals surface area contributed by atoms with E-state index in [9.17, 15) is 0 Å². The van der Waals surface area contributed by atoms with Crippen LogP contribution in [-0.2, 0) is 0 Å². The average molecular weight is 235 g/mol. The van der Waals surface area contributed by atoms with Crippen LogP contribution in [0, 0.1) is 5.92 Å². The summed E-state index contributed by atoms with van der Waals surface area (Å²) in [6, 6.07) is 0.493. The first-order valence-corrected chi connectivity index (χ1v) is 6.14. The normalized spacial score (nSPS) is 25.6. The Labute approximate surface area is 103 Å². The molecule has 5 nitrogen and oxygen atoms in total. The van der Waals surface area contributed by atoms with E-state index in [1.54, 1.807) is 12.4 Å². The molecule has 0 saturated carbocycles. The average Bonchev–Trinajstić information content (AvgIpc) is 2.33. The first-order chi connectivity index (χ1) is 8.19. The molecule has 0 aliphatic carbocycles. The van der Waals surface area contributed by atoms with Crippen molar-refractivity contribution in [3.05, 3.63) is 12.4 Å². The van der Waals surface area contributed by atoms with Gasteiger partial charge in [0.1, 0.15) is 11.6 Å². The Bertz CT molecular complexity index is 368. The van der Waals surface area contributed by atoms with E-state index in [1.165, 1.54) is 0 Å². The summed E-state index contributed by atoms with van der Waals surface area (Å²) in [6.07, 6.45) is 4.66. The van der Waals surface area contributed by atoms with Crippen molar-refractivity contribution in [2.75, 3.05) is 37.8 Å².